The first kappa shape index (κ1) is 13.1. The van der Waals surface area contributed by atoms with Gasteiger partial charge in [-0.15, -0.1) is 0 Å². The van der Waals surface area contributed by atoms with E-state index in [9.17, 15) is 4.79 Å². The summed E-state index contributed by atoms with van der Waals surface area (Å²) in [4.78, 5) is 12.2. The number of carbonyl (C=O) groups excluding carboxylic acids is 1. The first-order valence-corrected chi connectivity index (χ1v) is 6.36. The van der Waals surface area contributed by atoms with Gasteiger partial charge in [-0.2, -0.15) is 0 Å². The Labute approximate surface area is 108 Å². The molecule has 3 atom stereocenters. The van der Waals surface area contributed by atoms with Gasteiger partial charge in [0.1, 0.15) is 0 Å². The maximum absolute atomic E-state index is 12.2. The van der Waals surface area contributed by atoms with Gasteiger partial charge in [-0.25, -0.2) is 0 Å². The van der Waals surface area contributed by atoms with Crippen molar-refractivity contribution in [2.45, 2.75) is 32.4 Å². The zero-order valence-electron chi connectivity index (χ0n) is 10.8. The summed E-state index contributed by atoms with van der Waals surface area (Å²) in [7, 11) is 0. The summed E-state index contributed by atoms with van der Waals surface area (Å²) in [6.45, 7) is 4.51. The molecule has 4 nitrogen and oxygen atoms in total. The Morgan fingerprint density at radius 3 is 2.83 bits per heavy atom. The quantitative estimate of drug-likeness (QED) is 0.860. The van der Waals surface area contributed by atoms with Gasteiger partial charge in [0, 0.05) is 18.3 Å². The van der Waals surface area contributed by atoms with Crippen LogP contribution in [-0.2, 0) is 9.53 Å². The van der Waals surface area contributed by atoms with Crippen molar-refractivity contribution in [2.75, 3.05) is 11.9 Å². The summed E-state index contributed by atoms with van der Waals surface area (Å²) in [5, 5.41) is 2.97. The van der Waals surface area contributed by atoms with Gasteiger partial charge in [0.15, 0.2) is 0 Å². The third-order valence-corrected chi connectivity index (χ3v) is 3.42. The lowest BCUT2D eigenvalue weighted by atomic mass is 10.0. The molecule has 18 heavy (non-hydrogen) atoms. The summed E-state index contributed by atoms with van der Waals surface area (Å²) in [5.41, 5.74) is 7.65. The molecular weight excluding hydrogens is 228 g/mol. The smallest absolute Gasteiger partial charge is 0.230 e. The highest BCUT2D eigenvalue weighted by Crippen LogP contribution is 2.25. The number of amides is 1. The molecule has 0 aromatic heterocycles. The van der Waals surface area contributed by atoms with Gasteiger partial charge in [0.25, 0.3) is 0 Å². The summed E-state index contributed by atoms with van der Waals surface area (Å²) < 4.78 is 5.42. The second kappa shape index (κ2) is 5.50. The topological polar surface area (TPSA) is 64.3 Å². The molecule has 3 N–H and O–H groups in total. The van der Waals surface area contributed by atoms with Crippen LogP contribution in [0, 0.1) is 5.92 Å². The number of benzene rings is 1. The zero-order chi connectivity index (χ0) is 13.1. The van der Waals surface area contributed by atoms with E-state index < -0.39 is 0 Å². The summed E-state index contributed by atoms with van der Waals surface area (Å²) >= 11 is 0. The number of nitrogens with two attached hydrogens (primary N) is 1. The van der Waals surface area contributed by atoms with Gasteiger partial charge in [-0.1, -0.05) is 18.2 Å². The average Bonchev–Trinajstić information content (AvgIpc) is 2.76. The predicted molar refractivity (Wildman–Crippen MR) is 71.2 cm³/mol. The lowest BCUT2D eigenvalue weighted by Gasteiger charge is -2.17. The highest BCUT2D eigenvalue weighted by molar-refractivity contribution is 5.93. The van der Waals surface area contributed by atoms with Crippen molar-refractivity contribution in [1.29, 1.82) is 0 Å². The van der Waals surface area contributed by atoms with Gasteiger partial charge in [-0.05, 0) is 31.9 Å². The molecule has 1 aromatic rings. The van der Waals surface area contributed by atoms with Crippen LogP contribution in [0.4, 0.5) is 5.69 Å². The van der Waals surface area contributed by atoms with E-state index in [0.717, 1.165) is 17.7 Å². The highest BCUT2D eigenvalue weighted by atomic mass is 16.5. The summed E-state index contributed by atoms with van der Waals surface area (Å²) in [6, 6.07) is 7.55. The Morgan fingerprint density at radius 1 is 1.50 bits per heavy atom. The van der Waals surface area contributed by atoms with E-state index in [2.05, 4.69) is 5.32 Å². The molecule has 4 heteroatoms. The van der Waals surface area contributed by atoms with Crippen molar-refractivity contribution in [3.63, 3.8) is 0 Å². The van der Waals surface area contributed by atoms with Crippen molar-refractivity contribution in [2.24, 2.45) is 11.7 Å². The molecule has 0 radical (unpaired) electrons. The highest BCUT2D eigenvalue weighted by Gasteiger charge is 2.31. The number of hydrogen-bond acceptors (Lipinski definition) is 3. The normalized spacial score (nSPS) is 24.8. The summed E-state index contributed by atoms with van der Waals surface area (Å²) in [6.07, 6.45) is 0.778. The van der Waals surface area contributed by atoms with E-state index in [-0.39, 0.29) is 24.0 Å². The predicted octanol–water partition coefficient (Wildman–Crippen LogP) is 2.07. The molecular formula is C14H20N2O2. The van der Waals surface area contributed by atoms with Crippen LogP contribution in [0.15, 0.2) is 24.3 Å². The maximum atomic E-state index is 12.2. The number of anilines is 1. The van der Waals surface area contributed by atoms with Crippen LogP contribution in [0.1, 0.15) is 31.9 Å². The Bertz CT molecular complexity index is 432. The zero-order valence-corrected chi connectivity index (χ0v) is 10.8. The fraction of sp³-hybridized carbons (Fsp3) is 0.500. The average molecular weight is 248 g/mol. The minimum absolute atomic E-state index is 0.00698. The molecule has 0 aliphatic carbocycles. The Morgan fingerprint density at radius 2 is 2.22 bits per heavy atom. The lowest BCUT2D eigenvalue weighted by molar-refractivity contribution is -0.121. The van der Waals surface area contributed by atoms with E-state index in [1.54, 1.807) is 0 Å². The van der Waals surface area contributed by atoms with Gasteiger partial charge in [0.2, 0.25) is 5.91 Å². The number of nitrogens with one attached hydrogen (secondary N) is 1. The fourth-order valence-electron chi connectivity index (χ4n) is 2.31. The first-order chi connectivity index (χ1) is 8.59. The van der Waals surface area contributed by atoms with Gasteiger partial charge < -0.3 is 15.8 Å². The van der Waals surface area contributed by atoms with E-state index in [1.165, 1.54) is 0 Å². The van der Waals surface area contributed by atoms with Crippen molar-refractivity contribution in [3.05, 3.63) is 29.8 Å². The van der Waals surface area contributed by atoms with Gasteiger partial charge >= 0.3 is 0 Å². The molecule has 0 bridgehead atoms. The molecule has 1 aliphatic rings. The minimum Gasteiger partial charge on any atom is -0.378 e. The molecule has 1 amide bonds. The van der Waals surface area contributed by atoms with Gasteiger partial charge in [-0.3, -0.25) is 4.79 Å². The molecule has 98 valence electrons. The van der Waals surface area contributed by atoms with Crippen molar-refractivity contribution < 1.29 is 9.53 Å². The monoisotopic (exact) mass is 248 g/mol. The molecule has 1 heterocycles. The van der Waals surface area contributed by atoms with Crippen molar-refractivity contribution in [1.82, 2.24) is 0 Å². The molecule has 1 saturated heterocycles. The van der Waals surface area contributed by atoms with Crippen molar-refractivity contribution >= 4 is 11.6 Å². The maximum Gasteiger partial charge on any atom is 0.230 e. The largest absolute Gasteiger partial charge is 0.378 e. The van der Waals surface area contributed by atoms with Crippen LogP contribution < -0.4 is 11.1 Å². The molecule has 1 fully saturated rings. The van der Waals surface area contributed by atoms with E-state index in [1.807, 2.05) is 38.1 Å². The third-order valence-electron chi connectivity index (χ3n) is 3.42. The second-order valence-electron chi connectivity index (χ2n) is 4.84. The van der Waals surface area contributed by atoms with E-state index >= 15 is 0 Å². The Balaban J connectivity index is 2.11. The molecule has 0 saturated carbocycles. The number of ether oxygens (including phenoxy) is 1. The third kappa shape index (κ3) is 2.71. The number of para-hydroxylation sites is 1. The number of hydrogen-bond donors (Lipinski definition) is 2. The van der Waals surface area contributed by atoms with E-state index in [0.29, 0.717) is 6.61 Å². The first-order valence-electron chi connectivity index (χ1n) is 6.36. The van der Waals surface area contributed by atoms with Crippen LogP contribution in [-0.4, -0.2) is 18.6 Å². The molecule has 0 spiro atoms. The van der Waals surface area contributed by atoms with Crippen LogP contribution in [0.3, 0.4) is 0 Å². The molecule has 1 aromatic carbocycles. The fourth-order valence-corrected chi connectivity index (χ4v) is 2.31. The molecule has 3 unspecified atom stereocenters. The van der Waals surface area contributed by atoms with Gasteiger partial charge in [0.05, 0.1) is 12.0 Å². The van der Waals surface area contributed by atoms with Crippen molar-refractivity contribution in [3.8, 4) is 0 Å². The summed E-state index contributed by atoms with van der Waals surface area (Å²) in [5.74, 6) is -0.0424. The minimum atomic E-state index is -0.0984. The Hall–Kier alpha value is -1.39. The van der Waals surface area contributed by atoms with E-state index in [4.69, 9.17) is 10.5 Å². The SMILES string of the molecule is CC(N)c1ccccc1NC(=O)C1CCOC1C. The van der Waals surface area contributed by atoms with Crippen LogP contribution in [0.5, 0.6) is 0 Å². The van der Waals surface area contributed by atoms with Crippen LogP contribution >= 0.6 is 0 Å². The lowest BCUT2D eigenvalue weighted by Crippen LogP contribution is -2.28. The molecule has 1 aliphatic heterocycles. The van der Waals surface area contributed by atoms with Crippen LogP contribution in [0.2, 0.25) is 0 Å². The Kier molecular flexibility index (Phi) is 3.99. The number of rotatable bonds is 3. The standard InChI is InChI=1S/C14H20N2O2/c1-9(15)11-5-3-4-6-13(11)16-14(17)12-7-8-18-10(12)2/h3-6,9-10,12H,7-8,15H2,1-2H3,(H,16,17). The molecule has 2 rings (SSSR count). The number of carbonyl (C=O) groups is 1. The second-order valence-corrected chi connectivity index (χ2v) is 4.84. The van der Waals surface area contributed by atoms with Crippen LogP contribution in [0.25, 0.3) is 0 Å².